The molecule has 0 radical (unpaired) electrons. The Labute approximate surface area is 166 Å². The van der Waals surface area contributed by atoms with Crippen LogP contribution < -0.4 is 20.3 Å². The SMILES string of the molecule is O=C(NC1CCNCC1O)C1=CN(Cc2ccc(F)cc2)c2cccc(F)c2O1. The maximum Gasteiger partial charge on any atom is 0.288 e. The van der Waals surface area contributed by atoms with Crippen molar-refractivity contribution in [3.05, 3.63) is 71.6 Å². The van der Waals surface area contributed by atoms with E-state index in [1.54, 1.807) is 29.2 Å². The van der Waals surface area contributed by atoms with Crippen LogP contribution in [0, 0.1) is 11.6 Å². The standard InChI is InChI=1S/C21H21F2N3O3/c22-14-6-4-13(5-7-14)11-26-12-19(29-20-15(23)2-1-3-17(20)26)21(28)25-16-8-9-24-10-18(16)27/h1-7,12,16,18,24,27H,8-11H2,(H,25,28). The van der Waals surface area contributed by atoms with Gasteiger partial charge < -0.3 is 25.4 Å². The first kappa shape index (κ1) is 19.4. The Bertz CT molecular complexity index is 933. The highest BCUT2D eigenvalue weighted by atomic mass is 19.1. The number of hydrogen-bond donors (Lipinski definition) is 3. The minimum Gasteiger partial charge on any atom is -0.445 e. The number of carbonyl (C=O) groups is 1. The first-order valence-electron chi connectivity index (χ1n) is 9.40. The lowest BCUT2D eigenvalue weighted by molar-refractivity contribution is -0.121. The van der Waals surface area contributed by atoms with E-state index < -0.39 is 23.9 Å². The number of para-hydroxylation sites is 1. The summed E-state index contributed by atoms with van der Waals surface area (Å²) in [5.41, 5.74) is 1.25. The Hall–Kier alpha value is -2.97. The Morgan fingerprint density at radius 3 is 2.79 bits per heavy atom. The van der Waals surface area contributed by atoms with Crippen LogP contribution in [0.5, 0.6) is 5.75 Å². The number of nitrogens with zero attached hydrogens (tertiary/aromatic N) is 1. The average Bonchev–Trinajstić information content (AvgIpc) is 2.72. The molecule has 29 heavy (non-hydrogen) atoms. The molecule has 2 heterocycles. The van der Waals surface area contributed by atoms with Gasteiger partial charge >= 0.3 is 0 Å². The van der Waals surface area contributed by atoms with E-state index >= 15 is 0 Å². The van der Waals surface area contributed by atoms with Gasteiger partial charge in [-0.05, 0) is 42.8 Å². The molecule has 1 amide bonds. The second kappa shape index (κ2) is 8.18. The number of halogens is 2. The molecule has 2 aromatic carbocycles. The van der Waals surface area contributed by atoms with Crippen molar-refractivity contribution in [2.75, 3.05) is 18.0 Å². The minimum atomic E-state index is -0.712. The van der Waals surface area contributed by atoms with Gasteiger partial charge in [-0.25, -0.2) is 8.78 Å². The first-order valence-corrected chi connectivity index (χ1v) is 9.40. The van der Waals surface area contributed by atoms with Crippen molar-refractivity contribution >= 4 is 11.6 Å². The van der Waals surface area contributed by atoms with Gasteiger partial charge in [0.05, 0.1) is 24.0 Å². The van der Waals surface area contributed by atoms with E-state index in [4.69, 9.17) is 4.74 Å². The maximum absolute atomic E-state index is 14.4. The van der Waals surface area contributed by atoms with E-state index in [-0.39, 0.29) is 17.3 Å². The van der Waals surface area contributed by atoms with Crippen molar-refractivity contribution in [1.29, 1.82) is 0 Å². The summed E-state index contributed by atoms with van der Waals surface area (Å²) in [5.74, 6) is -1.59. The molecule has 6 nitrogen and oxygen atoms in total. The number of ether oxygens (including phenoxy) is 1. The third kappa shape index (κ3) is 4.23. The van der Waals surface area contributed by atoms with Gasteiger partial charge in [0.2, 0.25) is 5.76 Å². The summed E-state index contributed by atoms with van der Waals surface area (Å²) in [7, 11) is 0. The van der Waals surface area contributed by atoms with Crippen molar-refractivity contribution < 1.29 is 23.4 Å². The monoisotopic (exact) mass is 401 g/mol. The zero-order valence-electron chi connectivity index (χ0n) is 15.6. The van der Waals surface area contributed by atoms with Crippen LogP contribution in [0.3, 0.4) is 0 Å². The minimum absolute atomic E-state index is 0.0480. The van der Waals surface area contributed by atoms with Crippen LogP contribution in [0.15, 0.2) is 54.4 Å². The molecule has 2 aromatic rings. The number of β-amino-alcohol motifs (C(OH)–C–C–N with tert-alkyl or cyclic N) is 1. The molecule has 2 aliphatic rings. The van der Waals surface area contributed by atoms with Crippen molar-refractivity contribution in [2.45, 2.75) is 25.1 Å². The third-order valence-electron chi connectivity index (χ3n) is 5.00. The lowest BCUT2D eigenvalue weighted by Crippen LogP contribution is -2.53. The number of aliphatic hydroxyl groups is 1. The summed E-state index contributed by atoms with van der Waals surface area (Å²) >= 11 is 0. The van der Waals surface area contributed by atoms with E-state index in [1.165, 1.54) is 24.4 Å². The average molecular weight is 401 g/mol. The summed E-state index contributed by atoms with van der Waals surface area (Å²) in [6.07, 6.45) is 1.36. The lowest BCUT2D eigenvalue weighted by atomic mass is 10.0. The molecule has 4 rings (SSSR count). The molecule has 2 unspecified atom stereocenters. The summed E-state index contributed by atoms with van der Waals surface area (Å²) in [4.78, 5) is 14.4. The summed E-state index contributed by atoms with van der Waals surface area (Å²) < 4.78 is 33.2. The van der Waals surface area contributed by atoms with Crippen LogP contribution in [0.2, 0.25) is 0 Å². The van der Waals surface area contributed by atoms with Gasteiger partial charge in [0, 0.05) is 13.1 Å². The van der Waals surface area contributed by atoms with E-state index in [0.717, 1.165) is 5.56 Å². The molecule has 0 saturated carbocycles. The van der Waals surface area contributed by atoms with Gasteiger partial charge in [0.15, 0.2) is 11.6 Å². The molecule has 0 aliphatic carbocycles. The smallest absolute Gasteiger partial charge is 0.288 e. The predicted octanol–water partition coefficient (Wildman–Crippen LogP) is 2.04. The zero-order chi connectivity index (χ0) is 20.4. The van der Waals surface area contributed by atoms with E-state index in [0.29, 0.717) is 31.7 Å². The number of nitrogens with one attached hydrogen (secondary N) is 2. The van der Waals surface area contributed by atoms with Crippen LogP contribution in [0.4, 0.5) is 14.5 Å². The van der Waals surface area contributed by atoms with Gasteiger partial charge in [-0.1, -0.05) is 18.2 Å². The molecule has 8 heteroatoms. The number of piperidine rings is 1. The number of benzene rings is 2. The van der Waals surface area contributed by atoms with Crippen molar-refractivity contribution in [3.63, 3.8) is 0 Å². The fourth-order valence-corrected chi connectivity index (χ4v) is 3.44. The number of hydrogen-bond acceptors (Lipinski definition) is 5. The molecule has 0 aromatic heterocycles. The fraction of sp³-hybridized carbons (Fsp3) is 0.286. The molecule has 0 bridgehead atoms. The lowest BCUT2D eigenvalue weighted by Gasteiger charge is -2.31. The summed E-state index contributed by atoms with van der Waals surface area (Å²) in [6.45, 7) is 1.36. The summed E-state index contributed by atoms with van der Waals surface area (Å²) in [6, 6.07) is 10.0. The van der Waals surface area contributed by atoms with Gasteiger partial charge in [-0.3, -0.25) is 4.79 Å². The van der Waals surface area contributed by atoms with Crippen molar-refractivity contribution in [1.82, 2.24) is 10.6 Å². The molecular weight excluding hydrogens is 380 g/mol. The van der Waals surface area contributed by atoms with Crippen LogP contribution in [-0.4, -0.2) is 36.2 Å². The molecule has 2 atom stereocenters. The topological polar surface area (TPSA) is 73.8 Å². The van der Waals surface area contributed by atoms with E-state index in [1.807, 2.05) is 0 Å². The molecule has 1 saturated heterocycles. The van der Waals surface area contributed by atoms with Crippen molar-refractivity contribution in [2.24, 2.45) is 0 Å². The fourth-order valence-electron chi connectivity index (χ4n) is 3.44. The van der Waals surface area contributed by atoms with Gasteiger partial charge in [-0.2, -0.15) is 0 Å². The maximum atomic E-state index is 14.4. The largest absolute Gasteiger partial charge is 0.445 e. The van der Waals surface area contributed by atoms with Crippen molar-refractivity contribution in [3.8, 4) is 5.75 Å². The highest BCUT2D eigenvalue weighted by Gasteiger charge is 2.30. The Morgan fingerprint density at radius 2 is 2.03 bits per heavy atom. The van der Waals surface area contributed by atoms with E-state index in [2.05, 4.69) is 10.6 Å². The number of fused-ring (bicyclic) bond motifs is 1. The number of anilines is 1. The van der Waals surface area contributed by atoms with Crippen LogP contribution >= 0.6 is 0 Å². The Morgan fingerprint density at radius 1 is 1.24 bits per heavy atom. The van der Waals surface area contributed by atoms with Crippen LogP contribution in [0.1, 0.15) is 12.0 Å². The number of aliphatic hydroxyl groups excluding tert-OH is 1. The normalized spacial score (nSPS) is 21.1. The molecule has 0 spiro atoms. The van der Waals surface area contributed by atoms with Gasteiger partial charge in [0.25, 0.3) is 5.91 Å². The van der Waals surface area contributed by atoms with Crippen LogP contribution in [0.25, 0.3) is 0 Å². The Balaban J connectivity index is 1.60. The van der Waals surface area contributed by atoms with E-state index in [9.17, 15) is 18.7 Å². The van der Waals surface area contributed by atoms with Crippen LogP contribution in [-0.2, 0) is 11.3 Å². The Kier molecular flexibility index (Phi) is 5.46. The molecule has 1 fully saturated rings. The predicted molar refractivity (Wildman–Crippen MR) is 103 cm³/mol. The number of carbonyl (C=O) groups excluding carboxylic acids is 1. The quantitative estimate of drug-likeness (QED) is 0.731. The van der Waals surface area contributed by atoms with Gasteiger partial charge in [-0.15, -0.1) is 0 Å². The molecule has 3 N–H and O–H groups in total. The molecule has 2 aliphatic heterocycles. The second-order valence-corrected chi connectivity index (χ2v) is 7.08. The molecular formula is C21H21F2N3O3. The number of rotatable bonds is 4. The highest BCUT2D eigenvalue weighted by Crippen LogP contribution is 2.37. The van der Waals surface area contributed by atoms with Gasteiger partial charge in [0.1, 0.15) is 5.82 Å². The number of amides is 1. The summed E-state index contributed by atoms with van der Waals surface area (Å²) in [5, 5.41) is 15.9. The molecule has 152 valence electrons. The first-order chi connectivity index (χ1) is 14.0. The zero-order valence-corrected chi connectivity index (χ0v) is 15.6. The second-order valence-electron chi connectivity index (χ2n) is 7.08. The highest BCUT2D eigenvalue weighted by molar-refractivity contribution is 5.93. The third-order valence-corrected chi connectivity index (χ3v) is 5.00.